The molecule has 3 N–H and O–H groups in total. The highest BCUT2D eigenvalue weighted by Gasteiger charge is 2.32. The predicted octanol–water partition coefficient (Wildman–Crippen LogP) is 1.78. The molecule has 2 aliphatic rings. The fourth-order valence-corrected chi connectivity index (χ4v) is 2.32. The summed E-state index contributed by atoms with van der Waals surface area (Å²) in [6, 6.07) is 0.526. The van der Waals surface area contributed by atoms with Gasteiger partial charge < -0.3 is 11.1 Å². The molecule has 3 nitrogen and oxygen atoms in total. The zero-order valence-corrected chi connectivity index (χ0v) is 9.05. The Morgan fingerprint density at radius 1 is 1.43 bits per heavy atom. The van der Waals surface area contributed by atoms with Crippen molar-refractivity contribution in [1.82, 2.24) is 5.32 Å². The van der Waals surface area contributed by atoms with Crippen LogP contribution in [0.1, 0.15) is 51.9 Å². The third kappa shape index (κ3) is 2.20. The van der Waals surface area contributed by atoms with E-state index in [0.717, 1.165) is 6.42 Å². The summed E-state index contributed by atoms with van der Waals surface area (Å²) >= 11 is 0. The topological polar surface area (TPSA) is 50.4 Å². The summed E-state index contributed by atoms with van der Waals surface area (Å²) in [4.78, 5) is 4.43. The molecule has 0 amide bonds. The molecule has 2 saturated carbocycles. The molecule has 0 saturated heterocycles. The number of nitrogens with one attached hydrogen (secondary N) is 1. The van der Waals surface area contributed by atoms with Gasteiger partial charge in [0.1, 0.15) is 0 Å². The highest BCUT2D eigenvalue weighted by molar-refractivity contribution is 5.79. The molecule has 0 spiro atoms. The maximum Gasteiger partial charge on any atom is 0.189 e. The number of nitrogens with two attached hydrogens (primary N) is 1. The molecule has 2 rings (SSSR count). The van der Waals surface area contributed by atoms with Gasteiger partial charge in [-0.1, -0.05) is 19.8 Å². The lowest BCUT2D eigenvalue weighted by Gasteiger charge is -2.29. The Labute approximate surface area is 86.2 Å². The second-order valence-electron chi connectivity index (χ2n) is 4.71. The number of hydrogen-bond donors (Lipinski definition) is 2. The highest BCUT2D eigenvalue weighted by atomic mass is 15.2. The van der Waals surface area contributed by atoms with Gasteiger partial charge in [0, 0.05) is 5.54 Å². The molecule has 0 bridgehead atoms. The Morgan fingerprint density at radius 2 is 2.07 bits per heavy atom. The molecule has 0 atom stereocenters. The number of rotatable bonds is 3. The van der Waals surface area contributed by atoms with Crippen LogP contribution in [0.15, 0.2) is 4.99 Å². The summed E-state index contributed by atoms with van der Waals surface area (Å²) in [6.45, 7) is 2.24. The smallest absolute Gasteiger partial charge is 0.189 e. The van der Waals surface area contributed by atoms with Crippen LogP contribution in [0, 0.1) is 0 Å². The summed E-state index contributed by atoms with van der Waals surface area (Å²) in [5.41, 5.74) is 6.16. The van der Waals surface area contributed by atoms with Gasteiger partial charge in [0.15, 0.2) is 5.96 Å². The molecule has 0 aliphatic heterocycles. The third-order valence-corrected chi connectivity index (χ3v) is 3.50. The maximum atomic E-state index is 5.89. The van der Waals surface area contributed by atoms with Gasteiger partial charge >= 0.3 is 0 Å². The van der Waals surface area contributed by atoms with Crippen molar-refractivity contribution in [1.29, 1.82) is 0 Å². The van der Waals surface area contributed by atoms with Gasteiger partial charge in [-0.05, 0) is 32.1 Å². The van der Waals surface area contributed by atoms with E-state index in [0.29, 0.717) is 12.0 Å². The molecular weight excluding hydrogens is 174 g/mol. The van der Waals surface area contributed by atoms with Gasteiger partial charge in [-0.2, -0.15) is 0 Å². The lowest BCUT2D eigenvalue weighted by atomic mass is 9.94. The van der Waals surface area contributed by atoms with Crippen molar-refractivity contribution in [3.05, 3.63) is 0 Å². The molecule has 80 valence electrons. The molecule has 0 unspecified atom stereocenters. The zero-order valence-electron chi connectivity index (χ0n) is 9.05. The van der Waals surface area contributed by atoms with Crippen LogP contribution in [0.3, 0.4) is 0 Å². The Bertz CT molecular complexity index is 225. The van der Waals surface area contributed by atoms with Crippen molar-refractivity contribution in [2.24, 2.45) is 10.7 Å². The van der Waals surface area contributed by atoms with Crippen molar-refractivity contribution >= 4 is 5.96 Å². The molecule has 0 aromatic heterocycles. The molecular formula is C11H21N3. The van der Waals surface area contributed by atoms with Crippen LogP contribution in [-0.2, 0) is 0 Å². The zero-order chi connectivity index (χ0) is 10.0. The standard InChI is InChI=1S/C11H21N3/c1-2-11(7-3-4-8-11)14-10(12)13-9-5-6-9/h9H,2-8H2,1H3,(H3,12,13,14). The van der Waals surface area contributed by atoms with Crippen LogP contribution >= 0.6 is 0 Å². The fraction of sp³-hybridized carbons (Fsp3) is 0.909. The second kappa shape index (κ2) is 3.79. The quantitative estimate of drug-likeness (QED) is 0.532. The Morgan fingerprint density at radius 3 is 2.57 bits per heavy atom. The van der Waals surface area contributed by atoms with E-state index in [-0.39, 0.29) is 5.54 Å². The molecule has 0 aromatic rings. The number of guanidine groups is 1. The predicted molar refractivity (Wildman–Crippen MR) is 59.3 cm³/mol. The average Bonchev–Trinajstić information content (AvgIpc) is 2.83. The van der Waals surface area contributed by atoms with Gasteiger partial charge in [-0.15, -0.1) is 0 Å². The normalized spacial score (nSPS) is 26.5. The van der Waals surface area contributed by atoms with Gasteiger partial charge in [0.05, 0.1) is 6.04 Å². The van der Waals surface area contributed by atoms with Crippen LogP contribution in [0.2, 0.25) is 0 Å². The maximum absolute atomic E-state index is 5.89. The van der Waals surface area contributed by atoms with Crippen molar-refractivity contribution in [2.75, 3.05) is 0 Å². The molecule has 0 aromatic carbocycles. The first-order valence-corrected chi connectivity index (χ1v) is 5.85. The largest absolute Gasteiger partial charge is 0.370 e. The summed E-state index contributed by atoms with van der Waals surface area (Å²) < 4.78 is 0. The fourth-order valence-electron chi connectivity index (χ4n) is 2.32. The van der Waals surface area contributed by atoms with Crippen LogP contribution in [0.4, 0.5) is 0 Å². The van der Waals surface area contributed by atoms with Crippen LogP contribution in [0.5, 0.6) is 0 Å². The molecule has 0 heterocycles. The SMILES string of the molecule is CCC1(NC(N)=NC2CC2)CCCC1. The average molecular weight is 195 g/mol. The van der Waals surface area contributed by atoms with Crippen molar-refractivity contribution in [3.63, 3.8) is 0 Å². The van der Waals surface area contributed by atoms with Gasteiger partial charge in [-0.3, -0.25) is 4.99 Å². The summed E-state index contributed by atoms with van der Waals surface area (Å²) in [5.74, 6) is 0.677. The van der Waals surface area contributed by atoms with Crippen LogP contribution in [-0.4, -0.2) is 17.5 Å². The van der Waals surface area contributed by atoms with Crippen LogP contribution < -0.4 is 11.1 Å². The minimum absolute atomic E-state index is 0.266. The number of aliphatic imine (C=N–C) groups is 1. The minimum atomic E-state index is 0.266. The van der Waals surface area contributed by atoms with E-state index < -0.39 is 0 Å². The van der Waals surface area contributed by atoms with Gasteiger partial charge in [0.2, 0.25) is 0 Å². The third-order valence-electron chi connectivity index (χ3n) is 3.50. The molecule has 0 radical (unpaired) electrons. The Hall–Kier alpha value is -0.730. The molecule has 14 heavy (non-hydrogen) atoms. The van der Waals surface area contributed by atoms with E-state index in [9.17, 15) is 0 Å². The second-order valence-corrected chi connectivity index (χ2v) is 4.71. The summed E-state index contributed by atoms with van der Waals surface area (Å²) in [7, 11) is 0. The van der Waals surface area contributed by atoms with E-state index in [1.807, 2.05) is 0 Å². The highest BCUT2D eigenvalue weighted by Crippen LogP contribution is 2.32. The van der Waals surface area contributed by atoms with Crippen molar-refractivity contribution < 1.29 is 0 Å². The van der Waals surface area contributed by atoms with Gasteiger partial charge in [0.25, 0.3) is 0 Å². The van der Waals surface area contributed by atoms with E-state index in [1.54, 1.807) is 0 Å². The van der Waals surface area contributed by atoms with E-state index in [4.69, 9.17) is 5.73 Å². The molecule has 2 aliphatic carbocycles. The van der Waals surface area contributed by atoms with Gasteiger partial charge in [-0.25, -0.2) is 0 Å². The summed E-state index contributed by atoms with van der Waals surface area (Å²) in [5, 5.41) is 3.44. The molecule has 3 heteroatoms. The van der Waals surface area contributed by atoms with Crippen LogP contribution in [0.25, 0.3) is 0 Å². The van der Waals surface area contributed by atoms with Crippen molar-refractivity contribution in [2.45, 2.75) is 63.5 Å². The first-order chi connectivity index (χ1) is 6.74. The number of nitrogens with zero attached hydrogens (tertiary/aromatic N) is 1. The lowest BCUT2D eigenvalue weighted by Crippen LogP contribution is -2.49. The van der Waals surface area contributed by atoms with E-state index >= 15 is 0 Å². The Balaban J connectivity index is 1.92. The van der Waals surface area contributed by atoms with E-state index in [2.05, 4.69) is 17.2 Å². The summed E-state index contributed by atoms with van der Waals surface area (Å²) in [6.07, 6.45) is 8.78. The first kappa shape index (κ1) is 9.81. The molecule has 2 fully saturated rings. The lowest BCUT2D eigenvalue weighted by molar-refractivity contribution is 0.374. The monoisotopic (exact) mass is 195 g/mol. The van der Waals surface area contributed by atoms with E-state index in [1.165, 1.54) is 38.5 Å². The minimum Gasteiger partial charge on any atom is -0.370 e. The first-order valence-electron chi connectivity index (χ1n) is 5.85. The van der Waals surface area contributed by atoms with Crippen molar-refractivity contribution in [3.8, 4) is 0 Å². The number of hydrogen-bond acceptors (Lipinski definition) is 1. The Kier molecular flexibility index (Phi) is 2.66.